The van der Waals surface area contributed by atoms with E-state index in [4.69, 9.17) is 4.98 Å². The minimum absolute atomic E-state index is 0.0304. The first-order valence-electron chi connectivity index (χ1n) is 12.6. The zero-order chi connectivity index (χ0) is 25.2. The molecule has 2 aliphatic rings. The molecule has 2 aromatic rings. The molecule has 9 heteroatoms. The molecule has 0 N–H and O–H groups in total. The van der Waals surface area contributed by atoms with E-state index in [1.54, 1.807) is 30.1 Å². The Balaban J connectivity index is 1.44. The van der Waals surface area contributed by atoms with Crippen LogP contribution in [0.4, 0.5) is 5.82 Å². The van der Waals surface area contributed by atoms with Crippen molar-refractivity contribution >= 4 is 21.7 Å². The molecule has 8 nitrogen and oxygen atoms in total. The van der Waals surface area contributed by atoms with E-state index in [2.05, 4.69) is 23.7 Å². The first-order chi connectivity index (χ1) is 16.7. The van der Waals surface area contributed by atoms with Crippen LogP contribution in [-0.4, -0.2) is 72.8 Å². The van der Waals surface area contributed by atoms with Crippen LogP contribution in [0.25, 0.3) is 0 Å². The van der Waals surface area contributed by atoms with Crippen molar-refractivity contribution in [2.75, 3.05) is 38.1 Å². The van der Waals surface area contributed by atoms with Gasteiger partial charge >= 0.3 is 0 Å². The Morgan fingerprint density at radius 1 is 1.03 bits per heavy atom. The van der Waals surface area contributed by atoms with Gasteiger partial charge in [-0.15, -0.1) is 0 Å². The van der Waals surface area contributed by atoms with Crippen LogP contribution in [-0.2, 0) is 10.0 Å². The van der Waals surface area contributed by atoms with Gasteiger partial charge in [-0.25, -0.2) is 18.4 Å². The molecule has 190 valence electrons. The highest BCUT2D eigenvalue weighted by Gasteiger charge is 2.30. The quantitative estimate of drug-likeness (QED) is 0.601. The Labute approximate surface area is 209 Å². The van der Waals surface area contributed by atoms with E-state index in [1.165, 1.54) is 10.4 Å². The number of amides is 1. The lowest BCUT2D eigenvalue weighted by atomic mass is 9.96. The van der Waals surface area contributed by atoms with Gasteiger partial charge in [-0.05, 0) is 38.0 Å². The number of aromatic nitrogens is 2. The molecule has 1 saturated heterocycles. The van der Waals surface area contributed by atoms with Crippen molar-refractivity contribution in [3.63, 3.8) is 0 Å². The van der Waals surface area contributed by atoms with Crippen molar-refractivity contribution in [2.45, 2.75) is 69.7 Å². The van der Waals surface area contributed by atoms with Crippen LogP contribution in [0.1, 0.15) is 73.7 Å². The number of hydrogen-bond donors (Lipinski definition) is 0. The Morgan fingerprint density at radius 2 is 1.71 bits per heavy atom. The number of anilines is 1. The summed E-state index contributed by atoms with van der Waals surface area (Å²) in [6.45, 7) is 8.58. The molecular weight excluding hydrogens is 462 g/mol. The minimum atomic E-state index is -3.65. The first-order valence-corrected chi connectivity index (χ1v) is 14.1. The fourth-order valence-electron chi connectivity index (χ4n) is 4.91. The number of nitrogens with zero attached hydrogens (tertiary/aromatic N) is 5. The van der Waals surface area contributed by atoms with Gasteiger partial charge in [-0.1, -0.05) is 39.2 Å². The third-order valence-corrected chi connectivity index (χ3v) is 9.02. The second-order valence-electron chi connectivity index (χ2n) is 10.0. The highest BCUT2D eigenvalue weighted by molar-refractivity contribution is 7.89. The Morgan fingerprint density at radius 3 is 2.37 bits per heavy atom. The van der Waals surface area contributed by atoms with Gasteiger partial charge in [0.2, 0.25) is 10.0 Å². The maximum absolute atomic E-state index is 13.3. The minimum Gasteiger partial charge on any atom is -0.353 e. The molecule has 2 heterocycles. The maximum Gasteiger partial charge on any atom is 0.254 e. The number of benzene rings is 1. The predicted octanol–water partition coefficient (Wildman–Crippen LogP) is 3.82. The standard InChI is InChI=1S/C26H37N5O3S/c1-19(2)25-27-20(3)17-24(28-25)30-13-15-31(16-14-30)26(32)21-9-8-12-23(18-21)35(33,34)29(4)22-10-6-5-7-11-22/h8-9,12,17-19,22H,5-7,10-11,13-16H2,1-4H3. The van der Waals surface area contributed by atoms with Crippen LogP contribution < -0.4 is 4.90 Å². The van der Waals surface area contributed by atoms with E-state index in [0.29, 0.717) is 31.7 Å². The van der Waals surface area contributed by atoms with Crippen molar-refractivity contribution in [3.05, 3.63) is 47.4 Å². The molecule has 1 aromatic carbocycles. The lowest BCUT2D eigenvalue weighted by Gasteiger charge is -2.35. The maximum atomic E-state index is 13.3. The number of carbonyl (C=O) groups excluding carboxylic acids is 1. The Hall–Kier alpha value is -2.52. The number of hydrogen-bond acceptors (Lipinski definition) is 6. The monoisotopic (exact) mass is 499 g/mol. The van der Waals surface area contributed by atoms with Crippen molar-refractivity contribution in [2.24, 2.45) is 0 Å². The zero-order valence-corrected chi connectivity index (χ0v) is 22.1. The van der Waals surface area contributed by atoms with E-state index in [-0.39, 0.29) is 22.8 Å². The van der Waals surface area contributed by atoms with E-state index in [0.717, 1.165) is 49.4 Å². The Kier molecular flexibility index (Phi) is 7.76. The lowest BCUT2D eigenvalue weighted by Crippen LogP contribution is -2.49. The molecule has 0 bridgehead atoms. The van der Waals surface area contributed by atoms with Gasteiger partial charge < -0.3 is 9.80 Å². The lowest BCUT2D eigenvalue weighted by molar-refractivity contribution is 0.0746. The summed E-state index contributed by atoms with van der Waals surface area (Å²) in [4.78, 5) is 26.7. The highest BCUT2D eigenvalue weighted by Crippen LogP contribution is 2.27. The number of aryl methyl sites for hydroxylation is 1. The van der Waals surface area contributed by atoms with Crippen LogP contribution in [0.2, 0.25) is 0 Å². The van der Waals surface area contributed by atoms with Gasteiger partial charge in [0, 0.05) is 62.5 Å². The number of rotatable bonds is 6. The van der Waals surface area contributed by atoms with Gasteiger partial charge in [-0.3, -0.25) is 4.79 Å². The largest absolute Gasteiger partial charge is 0.353 e. The second-order valence-corrected chi connectivity index (χ2v) is 12.0. The molecule has 35 heavy (non-hydrogen) atoms. The Bertz CT molecular complexity index is 1150. The molecule has 0 unspecified atom stereocenters. The summed E-state index contributed by atoms with van der Waals surface area (Å²) in [5.74, 6) is 1.84. The van der Waals surface area contributed by atoms with Crippen LogP contribution in [0.15, 0.2) is 35.2 Å². The summed E-state index contributed by atoms with van der Waals surface area (Å²) in [5, 5.41) is 0. The number of sulfonamides is 1. The summed E-state index contributed by atoms with van der Waals surface area (Å²) < 4.78 is 28.0. The molecule has 0 atom stereocenters. The molecule has 1 aliphatic heterocycles. The molecule has 4 rings (SSSR count). The summed E-state index contributed by atoms with van der Waals surface area (Å²) in [6.07, 6.45) is 5.06. The van der Waals surface area contributed by atoms with Gasteiger partial charge in [-0.2, -0.15) is 4.31 Å². The molecule has 0 radical (unpaired) electrons. The van der Waals surface area contributed by atoms with Crippen LogP contribution >= 0.6 is 0 Å². The number of carbonyl (C=O) groups is 1. The molecule has 0 spiro atoms. The molecule has 1 saturated carbocycles. The summed E-state index contributed by atoms with van der Waals surface area (Å²) >= 11 is 0. The van der Waals surface area contributed by atoms with Crippen molar-refractivity contribution in [3.8, 4) is 0 Å². The van der Waals surface area contributed by atoms with Gasteiger partial charge in [0.15, 0.2) is 0 Å². The van der Waals surface area contributed by atoms with E-state index < -0.39 is 10.0 Å². The first kappa shape index (κ1) is 25.6. The topological polar surface area (TPSA) is 86.7 Å². The molecule has 1 amide bonds. The van der Waals surface area contributed by atoms with Crippen molar-refractivity contribution in [1.82, 2.24) is 19.2 Å². The number of piperazine rings is 1. The molecule has 2 fully saturated rings. The second kappa shape index (κ2) is 10.6. The van der Waals surface area contributed by atoms with E-state index >= 15 is 0 Å². The third-order valence-electron chi connectivity index (χ3n) is 7.11. The van der Waals surface area contributed by atoms with Crippen molar-refractivity contribution < 1.29 is 13.2 Å². The predicted molar refractivity (Wildman–Crippen MR) is 137 cm³/mol. The van der Waals surface area contributed by atoms with Gasteiger partial charge in [0.1, 0.15) is 11.6 Å². The van der Waals surface area contributed by atoms with Gasteiger partial charge in [0.05, 0.1) is 4.90 Å². The molecule has 1 aliphatic carbocycles. The van der Waals surface area contributed by atoms with Crippen LogP contribution in [0.3, 0.4) is 0 Å². The van der Waals surface area contributed by atoms with Gasteiger partial charge in [0.25, 0.3) is 5.91 Å². The van der Waals surface area contributed by atoms with Crippen LogP contribution in [0, 0.1) is 6.92 Å². The summed E-state index contributed by atoms with van der Waals surface area (Å²) in [7, 11) is -1.98. The van der Waals surface area contributed by atoms with Crippen LogP contribution in [0.5, 0.6) is 0 Å². The SMILES string of the molecule is Cc1cc(N2CCN(C(=O)c3cccc(S(=O)(=O)N(C)C4CCCCC4)c3)CC2)nc(C(C)C)n1. The zero-order valence-electron chi connectivity index (χ0n) is 21.3. The smallest absolute Gasteiger partial charge is 0.254 e. The van der Waals surface area contributed by atoms with E-state index in [1.807, 2.05) is 13.0 Å². The molecule has 1 aromatic heterocycles. The molecular formula is C26H37N5O3S. The van der Waals surface area contributed by atoms with E-state index in [9.17, 15) is 13.2 Å². The fourth-order valence-corrected chi connectivity index (χ4v) is 6.37. The average Bonchev–Trinajstić information content (AvgIpc) is 2.88. The average molecular weight is 500 g/mol. The summed E-state index contributed by atoms with van der Waals surface area (Å²) in [6, 6.07) is 8.52. The highest BCUT2D eigenvalue weighted by atomic mass is 32.2. The summed E-state index contributed by atoms with van der Waals surface area (Å²) in [5.41, 5.74) is 1.35. The van der Waals surface area contributed by atoms with Crippen molar-refractivity contribution in [1.29, 1.82) is 0 Å². The fraction of sp³-hybridized carbons (Fsp3) is 0.577. The third kappa shape index (κ3) is 5.67. The normalized spacial score (nSPS) is 17.9.